The Morgan fingerprint density at radius 3 is 2.73 bits per heavy atom. The third-order valence-electron chi connectivity index (χ3n) is 4.69. The lowest BCUT2D eigenvalue weighted by Gasteiger charge is -2.23. The predicted molar refractivity (Wildman–Crippen MR) is 82.7 cm³/mol. The third kappa shape index (κ3) is 2.51. The van der Waals surface area contributed by atoms with Crippen LogP contribution in [-0.4, -0.2) is 13.7 Å². The van der Waals surface area contributed by atoms with Crippen LogP contribution in [0.4, 0.5) is 8.78 Å². The Hall–Kier alpha value is -1.84. The lowest BCUT2D eigenvalue weighted by atomic mass is 9.80. The number of ether oxygens (including phenoxy) is 1. The van der Waals surface area contributed by atoms with E-state index in [4.69, 9.17) is 4.74 Å². The standard InChI is InChI=1S/C18H21F2NO/c1-18(2)10-21-14-9-11(4-6-13(14)18)8-12-5-7-15(22-3)17(20)16(12)19/h4-5,7,21H,6,8-10H2,1-3H3. The van der Waals surface area contributed by atoms with Gasteiger partial charge in [-0.1, -0.05) is 31.6 Å². The molecule has 0 fully saturated rings. The fourth-order valence-electron chi connectivity index (χ4n) is 3.31. The van der Waals surface area contributed by atoms with E-state index in [1.807, 2.05) is 0 Å². The molecule has 0 amide bonds. The van der Waals surface area contributed by atoms with Crippen molar-refractivity contribution >= 4 is 0 Å². The molecule has 0 saturated carbocycles. The van der Waals surface area contributed by atoms with E-state index >= 15 is 0 Å². The van der Waals surface area contributed by atoms with Crippen LogP contribution in [0, 0.1) is 17.0 Å². The van der Waals surface area contributed by atoms with Crippen LogP contribution in [0.3, 0.4) is 0 Å². The van der Waals surface area contributed by atoms with Crippen molar-refractivity contribution in [2.45, 2.75) is 33.1 Å². The fourth-order valence-corrected chi connectivity index (χ4v) is 3.31. The van der Waals surface area contributed by atoms with Crippen molar-refractivity contribution in [3.8, 4) is 5.75 Å². The van der Waals surface area contributed by atoms with Gasteiger partial charge in [0.1, 0.15) is 0 Å². The average Bonchev–Trinajstić information content (AvgIpc) is 2.79. The summed E-state index contributed by atoms with van der Waals surface area (Å²) >= 11 is 0. The number of nitrogens with one attached hydrogen (secondary N) is 1. The Morgan fingerprint density at radius 2 is 2.00 bits per heavy atom. The van der Waals surface area contributed by atoms with Crippen LogP contribution in [0.5, 0.6) is 5.75 Å². The molecular formula is C18H21F2NO. The lowest BCUT2D eigenvalue weighted by molar-refractivity contribution is 0.370. The van der Waals surface area contributed by atoms with Crippen LogP contribution in [0.25, 0.3) is 0 Å². The zero-order valence-corrected chi connectivity index (χ0v) is 13.2. The summed E-state index contributed by atoms with van der Waals surface area (Å²) in [6.07, 6.45) is 4.29. The van der Waals surface area contributed by atoms with Gasteiger partial charge in [-0.2, -0.15) is 4.39 Å². The monoisotopic (exact) mass is 305 g/mol. The van der Waals surface area contributed by atoms with Gasteiger partial charge in [0.25, 0.3) is 0 Å². The Bertz CT molecular complexity index is 674. The predicted octanol–water partition coefficient (Wildman–Crippen LogP) is 4.12. The first kappa shape index (κ1) is 15.1. The summed E-state index contributed by atoms with van der Waals surface area (Å²) in [5, 5.41) is 3.46. The van der Waals surface area contributed by atoms with Gasteiger partial charge in [0.2, 0.25) is 5.82 Å². The van der Waals surface area contributed by atoms with Crippen molar-refractivity contribution in [1.29, 1.82) is 0 Å². The van der Waals surface area contributed by atoms with Crippen molar-refractivity contribution in [2.75, 3.05) is 13.7 Å². The SMILES string of the molecule is COc1ccc(CC2=CCC3=C(C2)NCC3(C)C)c(F)c1F. The zero-order valence-electron chi connectivity index (χ0n) is 13.2. The normalized spacial score (nSPS) is 19.6. The molecule has 2 aliphatic rings. The van der Waals surface area contributed by atoms with E-state index in [1.54, 1.807) is 6.07 Å². The minimum Gasteiger partial charge on any atom is -0.494 e. The number of allylic oxidation sites excluding steroid dienone is 2. The summed E-state index contributed by atoms with van der Waals surface area (Å²) in [7, 11) is 1.34. The minimum atomic E-state index is -0.906. The second-order valence-corrected chi connectivity index (χ2v) is 6.67. The molecule has 1 aliphatic carbocycles. The summed E-state index contributed by atoms with van der Waals surface area (Å²) in [5.41, 5.74) is 4.40. The second kappa shape index (κ2) is 5.41. The first-order valence-corrected chi connectivity index (χ1v) is 7.57. The number of benzene rings is 1. The molecular weight excluding hydrogens is 284 g/mol. The van der Waals surface area contributed by atoms with Gasteiger partial charge < -0.3 is 10.1 Å². The molecule has 1 aromatic carbocycles. The Balaban J connectivity index is 1.78. The van der Waals surface area contributed by atoms with Gasteiger partial charge in [-0.3, -0.25) is 0 Å². The minimum absolute atomic E-state index is 0.0527. The summed E-state index contributed by atoms with van der Waals surface area (Å²) in [4.78, 5) is 0. The van der Waals surface area contributed by atoms with E-state index in [-0.39, 0.29) is 11.2 Å². The maximum atomic E-state index is 14.1. The van der Waals surface area contributed by atoms with E-state index < -0.39 is 11.6 Å². The molecule has 0 atom stereocenters. The van der Waals surface area contributed by atoms with Gasteiger partial charge in [-0.25, -0.2) is 4.39 Å². The van der Waals surface area contributed by atoms with E-state index in [9.17, 15) is 8.78 Å². The van der Waals surface area contributed by atoms with E-state index in [2.05, 4.69) is 25.2 Å². The highest BCUT2D eigenvalue weighted by atomic mass is 19.2. The highest BCUT2D eigenvalue weighted by molar-refractivity contribution is 5.39. The molecule has 0 aromatic heterocycles. The van der Waals surface area contributed by atoms with Crippen molar-refractivity contribution in [3.63, 3.8) is 0 Å². The van der Waals surface area contributed by atoms with Gasteiger partial charge in [0.15, 0.2) is 11.6 Å². The molecule has 0 radical (unpaired) electrons. The average molecular weight is 305 g/mol. The summed E-state index contributed by atoms with van der Waals surface area (Å²) in [6, 6.07) is 3.09. The highest BCUT2D eigenvalue weighted by Crippen LogP contribution is 2.41. The molecule has 1 N–H and O–H groups in total. The molecule has 2 nitrogen and oxygen atoms in total. The molecule has 0 unspecified atom stereocenters. The van der Waals surface area contributed by atoms with Crippen LogP contribution in [0.15, 0.2) is 35.1 Å². The van der Waals surface area contributed by atoms with Gasteiger partial charge in [0.05, 0.1) is 7.11 Å². The molecule has 118 valence electrons. The molecule has 1 heterocycles. The van der Waals surface area contributed by atoms with Crippen molar-refractivity contribution in [1.82, 2.24) is 5.32 Å². The third-order valence-corrected chi connectivity index (χ3v) is 4.69. The zero-order chi connectivity index (χ0) is 15.9. The van der Waals surface area contributed by atoms with Crippen LogP contribution < -0.4 is 10.1 Å². The van der Waals surface area contributed by atoms with Gasteiger partial charge in [0, 0.05) is 24.1 Å². The number of rotatable bonds is 3. The molecule has 4 heteroatoms. The highest BCUT2D eigenvalue weighted by Gasteiger charge is 2.33. The van der Waals surface area contributed by atoms with Crippen molar-refractivity contribution in [3.05, 3.63) is 52.2 Å². The first-order valence-electron chi connectivity index (χ1n) is 7.57. The smallest absolute Gasteiger partial charge is 0.200 e. The fraction of sp³-hybridized carbons (Fsp3) is 0.444. The molecule has 0 spiro atoms. The lowest BCUT2D eigenvalue weighted by Crippen LogP contribution is -2.19. The van der Waals surface area contributed by atoms with Crippen LogP contribution in [0.2, 0.25) is 0 Å². The summed E-state index contributed by atoms with van der Waals surface area (Å²) in [5.74, 6) is -1.76. The van der Waals surface area contributed by atoms with Gasteiger partial charge in [-0.15, -0.1) is 0 Å². The largest absolute Gasteiger partial charge is 0.494 e. The number of methoxy groups -OCH3 is 1. The number of halogens is 2. The molecule has 1 aromatic rings. The van der Waals surface area contributed by atoms with E-state index in [1.165, 1.54) is 24.4 Å². The number of hydrogen-bond acceptors (Lipinski definition) is 2. The first-order chi connectivity index (χ1) is 10.4. The quantitative estimate of drug-likeness (QED) is 0.848. The molecule has 3 rings (SSSR count). The van der Waals surface area contributed by atoms with Crippen LogP contribution >= 0.6 is 0 Å². The van der Waals surface area contributed by atoms with E-state index in [0.29, 0.717) is 12.0 Å². The van der Waals surface area contributed by atoms with Gasteiger partial charge >= 0.3 is 0 Å². The van der Waals surface area contributed by atoms with Crippen molar-refractivity contribution in [2.24, 2.45) is 5.41 Å². The van der Waals surface area contributed by atoms with Crippen LogP contribution in [-0.2, 0) is 6.42 Å². The molecule has 0 bridgehead atoms. The summed E-state index contributed by atoms with van der Waals surface area (Å²) < 4.78 is 32.7. The topological polar surface area (TPSA) is 21.3 Å². The van der Waals surface area contributed by atoms with Crippen molar-refractivity contribution < 1.29 is 13.5 Å². The Morgan fingerprint density at radius 1 is 1.23 bits per heavy atom. The van der Waals surface area contributed by atoms with E-state index in [0.717, 1.165) is 25.0 Å². The van der Waals surface area contributed by atoms with Gasteiger partial charge in [-0.05, 0) is 30.0 Å². The second-order valence-electron chi connectivity index (χ2n) is 6.67. The maximum Gasteiger partial charge on any atom is 0.200 e. The number of hydrogen-bond donors (Lipinski definition) is 1. The Kier molecular flexibility index (Phi) is 3.71. The summed E-state index contributed by atoms with van der Waals surface area (Å²) in [6.45, 7) is 5.42. The Labute approximate surface area is 129 Å². The molecule has 22 heavy (non-hydrogen) atoms. The molecule has 1 aliphatic heterocycles. The molecule has 0 saturated heterocycles. The maximum absolute atomic E-state index is 14.1. The van der Waals surface area contributed by atoms with Crippen LogP contribution in [0.1, 0.15) is 32.3 Å².